The van der Waals surface area contributed by atoms with Crippen LogP contribution < -0.4 is 25.6 Å². The van der Waals surface area contributed by atoms with Crippen LogP contribution in [0.3, 0.4) is 0 Å². The Balaban J connectivity index is 1.92. The van der Waals surface area contributed by atoms with Gasteiger partial charge in [-0.15, -0.1) is 0 Å². The Bertz CT molecular complexity index is 647. The Hall–Kier alpha value is -2.44. The summed E-state index contributed by atoms with van der Waals surface area (Å²) < 4.78 is 5.52. The number of carbonyl (C=O) groups is 1. The molecule has 0 aliphatic carbocycles. The lowest BCUT2D eigenvalue weighted by atomic mass is 10.0. The van der Waals surface area contributed by atoms with Gasteiger partial charge in [-0.3, -0.25) is 9.79 Å². The molecule has 1 heterocycles. The van der Waals surface area contributed by atoms with Crippen molar-refractivity contribution < 1.29 is 9.53 Å². The van der Waals surface area contributed by atoms with E-state index < -0.39 is 0 Å². The maximum Gasteiger partial charge on any atom is 0.222 e. The summed E-state index contributed by atoms with van der Waals surface area (Å²) in [6, 6.07) is 8.46. The number of hydrogen-bond acceptors (Lipinski definition) is 4. The average molecular weight is 390 g/mol. The summed E-state index contributed by atoms with van der Waals surface area (Å²) in [6.45, 7) is 9.65. The predicted octanol–water partition coefficient (Wildman–Crippen LogP) is 1.99. The van der Waals surface area contributed by atoms with E-state index in [1.165, 1.54) is 0 Å². The van der Waals surface area contributed by atoms with Crippen molar-refractivity contribution >= 4 is 17.6 Å². The molecule has 3 N–H and O–H groups in total. The molecule has 1 saturated heterocycles. The number of methoxy groups -OCH3 is 1. The number of anilines is 1. The zero-order valence-corrected chi connectivity index (χ0v) is 17.6. The van der Waals surface area contributed by atoms with Crippen LogP contribution in [-0.2, 0) is 4.79 Å². The molecule has 0 saturated carbocycles. The van der Waals surface area contributed by atoms with E-state index in [4.69, 9.17) is 4.74 Å². The smallest absolute Gasteiger partial charge is 0.222 e. The number of rotatable bonds is 8. The third kappa shape index (κ3) is 6.62. The normalized spacial score (nSPS) is 17.4. The van der Waals surface area contributed by atoms with Gasteiger partial charge in [-0.2, -0.15) is 0 Å². The van der Waals surface area contributed by atoms with Crippen molar-refractivity contribution in [1.29, 1.82) is 0 Å². The molecule has 1 aliphatic heterocycles. The van der Waals surface area contributed by atoms with Gasteiger partial charge in [0.2, 0.25) is 5.91 Å². The lowest BCUT2D eigenvalue weighted by molar-refractivity contribution is -0.123. The van der Waals surface area contributed by atoms with Crippen LogP contribution in [-0.4, -0.2) is 57.7 Å². The van der Waals surface area contributed by atoms with E-state index in [-0.39, 0.29) is 11.8 Å². The summed E-state index contributed by atoms with van der Waals surface area (Å²) in [5.74, 6) is 1.77. The maximum atomic E-state index is 11.6. The molecule has 1 aliphatic rings. The molecule has 1 aromatic rings. The highest BCUT2D eigenvalue weighted by atomic mass is 16.5. The van der Waals surface area contributed by atoms with Gasteiger partial charge in [0.25, 0.3) is 0 Å². The number of para-hydroxylation sites is 2. The summed E-state index contributed by atoms with van der Waals surface area (Å²) >= 11 is 0. The van der Waals surface area contributed by atoms with Crippen LogP contribution in [0.1, 0.15) is 33.6 Å². The van der Waals surface area contributed by atoms with E-state index in [0.29, 0.717) is 19.1 Å². The van der Waals surface area contributed by atoms with Crippen LogP contribution in [0.2, 0.25) is 0 Å². The van der Waals surface area contributed by atoms with E-state index in [2.05, 4.69) is 38.8 Å². The van der Waals surface area contributed by atoms with Gasteiger partial charge in [-0.05, 0) is 31.9 Å². The minimum atomic E-state index is -0.00135. The van der Waals surface area contributed by atoms with Gasteiger partial charge in [-0.1, -0.05) is 26.0 Å². The summed E-state index contributed by atoms with van der Waals surface area (Å²) in [5, 5.41) is 9.75. The first-order valence-electron chi connectivity index (χ1n) is 10.3. The highest BCUT2D eigenvalue weighted by Gasteiger charge is 2.22. The van der Waals surface area contributed by atoms with Gasteiger partial charge in [0.1, 0.15) is 5.75 Å². The number of hydrogen-bond donors (Lipinski definition) is 3. The van der Waals surface area contributed by atoms with E-state index in [9.17, 15) is 4.79 Å². The first-order valence-corrected chi connectivity index (χ1v) is 10.3. The number of nitrogens with zero attached hydrogens (tertiary/aromatic N) is 2. The molecule has 2 rings (SSSR count). The van der Waals surface area contributed by atoms with E-state index in [1.807, 2.05) is 32.0 Å². The molecule has 0 radical (unpaired) electrons. The highest BCUT2D eigenvalue weighted by Crippen LogP contribution is 2.29. The molecule has 7 nitrogen and oxygen atoms in total. The fourth-order valence-electron chi connectivity index (χ4n) is 3.27. The SMILES string of the molecule is CCNC(=NCCNC(=O)C(C)C)NC1CCCN(c2ccccc2OC)C1. The largest absolute Gasteiger partial charge is 0.495 e. The Morgan fingerprint density at radius 3 is 2.82 bits per heavy atom. The van der Waals surface area contributed by atoms with Crippen LogP contribution in [0.5, 0.6) is 5.75 Å². The number of benzene rings is 1. The number of nitrogens with one attached hydrogen (secondary N) is 3. The fourth-order valence-corrected chi connectivity index (χ4v) is 3.27. The predicted molar refractivity (Wildman–Crippen MR) is 115 cm³/mol. The van der Waals surface area contributed by atoms with Crippen LogP contribution in [0.4, 0.5) is 5.69 Å². The Morgan fingerprint density at radius 1 is 1.32 bits per heavy atom. The fraction of sp³-hybridized carbons (Fsp3) is 0.619. The molecule has 1 amide bonds. The van der Waals surface area contributed by atoms with Crippen LogP contribution in [0.15, 0.2) is 29.3 Å². The first kappa shape index (κ1) is 21.9. The number of carbonyl (C=O) groups excluding carboxylic acids is 1. The molecular weight excluding hydrogens is 354 g/mol. The van der Waals surface area contributed by atoms with Crippen LogP contribution >= 0.6 is 0 Å². The molecule has 7 heteroatoms. The second kappa shape index (κ2) is 11.4. The Kier molecular flexibility index (Phi) is 8.91. The van der Waals surface area contributed by atoms with Gasteiger partial charge in [0.15, 0.2) is 5.96 Å². The molecular formula is C21H35N5O2. The molecule has 1 aromatic carbocycles. The van der Waals surface area contributed by atoms with E-state index in [1.54, 1.807) is 7.11 Å². The number of aliphatic imine (C=N–C) groups is 1. The second-order valence-electron chi connectivity index (χ2n) is 7.31. The maximum absolute atomic E-state index is 11.6. The number of ether oxygens (including phenoxy) is 1. The molecule has 0 bridgehead atoms. The Morgan fingerprint density at radius 2 is 2.11 bits per heavy atom. The van der Waals surface area contributed by atoms with Crippen molar-refractivity contribution in [1.82, 2.24) is 16.0 Å². The molecule has 1 unspecified atom stereocenters. The quantitative estimate of drug-likeness (QED) is 0.360. The van der Waals surface area contributed by atoms with Gasteiger partial charge >= 0.3 is 0 Å². The second-order valence-corrected chi connectivity index (χ2v) is 7.31. The lowest BCUT2D eigenvalue weighted by Crippen LogP contribution is -2.51. The summed E-state index contributed by atoms with van der Waals surface area (Å²) in [5.41, 5.74) is 1.13. The van der Waals surface area contributed by atoms with Gasteiger partial charge in [-0.25, -0.2) is 0 Å². The summed E-state index contributed by atoms with van der Waals surface area (Å²) in [7, 11) is 1.71. The van der Waals surface area contributed by atoms with Crippen molar-refractivity contribution in [2.45, 2.75) is 39.7 Å². The number of amides is 1. The van der Waals surface area contributed by atoms with Gasteiger partial charge in [0.05, 0.1) is 19.3 Å². The first-order chi connectivity index (χ1) is 13.5. The number of piperidine rings is 1. The standard InChI is InChI=1S/C21H35N5O2/c1-5-22-21(24-13-12-23-20(27)16(2)3)25-17-9-8-14-26(15-17)18-10-6-7-11-19(18)28-4/h6-7,10-11,16-17H,5,8-9,12-15H2,1-4H3,(H,23,27)(H2,22,24,25). The van der Waals surface area contributed by atoms with Crippen molar-refractivity contribution in [2.24, 2.45) is 10.9 Å². The molecule has 156 valence electrons. The van der Waals surface area contributed by atoms with Crippen molar-refractivity contribution in [2.75, 3.05) is 44.7 Å². The minimum absolute atomic E-state index is 0.00135. The van der Waals surface area contributed by atoms with Gasteiger partial charge in [0, 0.05) is 38.1 Å². The lowest BCUT2D eigenvalue weighted by Gasteiger charge is -2.36. The minimum Gasteiger partial charge on any atom is -0.495 e. The van der Waals surface area contributed by atoms with Crippen molar-refractivity contribution in [3.8, 4) is 5.75 Å². The summed E-state index contributed by atoms with van der Waals surface area (Å²) in [6.07, 6.45) is 2.21. The van der Waals surface area contributed by atoms with E-state index in [0.717, 1.165) is 49.9 Å². The van der Waals surface area contributed by atoms with Crippen LogP contribution in [0.25, 0.3) is 0 Å². The Labute approximate surface area is 168 Å². The van der Waals surface area contributed by atoms with Crippen molar-refractivity contribution in [3.05, 3.63) is 24.3 Å². The molecule has 1 fully saturated rings. The third-order valence-electron chi connectivity index (χ3n) is 4.74. The molecule has 0 spiro atoms. The molecule has 28 heavy (non-hydrogen) atoms. The molecule has 0 aromatic heterocycles. The average Bonchev–Trinajstić information content (AvgIpc) is 2.71. The zero-order chi connectivity index (χ0) is 20.4. The van der Waals surface area contributed by atoms with Gasteiger partial charge < -0.3 is 25.6 Å². The topological polar surface area (TPSA) is 78.0 Å². The monoisotopic (exact) mass is 389 g/mol. The third-order valence-corrected chi connectivity index (χ3v) is 4.74. The van der Waals surface area contributed by atoms with Crippen molar-refractivity contribution in [3.63, 3.8) is 0 Å². The van der Waals surface area contributed by atoms with E-state index >= 15 is 0 Å². The number of guanidine groups is 1. The van der Waals surface area contributed by atoms with Crippen LogP contribution in [0, 0.1) is 5.92 Å². The zero-order valence-electron chi connectivity index (χ0n) is 17.6. The summed E-state index contributed by atoms with van der Waals surface area (Å²) in [4.78, 5) is 18.6. The molecule has 1 atom stereocenters. The highest BCUT2D eigenvalue weighted by molar-refractivity contribution is 5.80.